The molecule has 138 valence electrons. The van der Waals surface area contributed by atoms with Crippen molar-refractivity contribution in [2.45, 2.75) is 71.1 Å². The molecule has 0 spiro atoms. The van der Waals surface area contributed by atoms with Gasteiger partial charge in [0, 0.05) is 12.5 Å². The molecule has 0 aromatic heterocycles. The maximum atomic E-state index is 11.9. The Bertz CT molecular complexity index is 557. The molecular formula is C20H29NO4. The quantitative estimate of drug-likeness (QED) is 0.811. The Balaban J connectivity index is 1.64. The lowest BCUT2D eigenvalue weighted by Crippen LogP contribution is -2.38. The Hall–Kier alpha value is -2.04. The van der Waals surface area contributed by atoms with Gasteiger partial charge >= 0.3 is 12.1 Å². The van der Waals surface area contributed by atoms with Crippen LogP contribution in [0.3, 0.4) is 0 Å². The van der Waals surface area contributed by atoms with E-state index in [2.05, 4.69) is 5.32 Å². The number of amides is 1. The highest BCUT2D eigenvalue weighted by Crippen LogP contribution is 2.28. The number of benzene rings is 1. The number of nitrogens with one attached hydrogen (secondary N) is 1. The average molecular weight is 347 g/mol. The van der Waals surface area contributed by atoms with Crippen LogP contribution in [-0.4, -0.2) is 23.7 Å². The predicted molar refractivity (Wildman–Crippen MR) is 96.0 cm³/mol. The summed E-state index contributed by atoms with van der Waals surface area (Å²) >= 11 is 0. The fourth-order valence-corrected chi connectivity index (χ4v) is 3.06. The van der Waals surface area contributed by atoms with Gasteiger partial charge in [-0.05, 0) is 57.9 Å². The SMILES string of the molecule is CC(C)(C)OC(=O)CC1CCC(NC(=O)OCc2ccccc2)CC1. The van der Waals surface area contributed by atoms with E-state index in [0.717, 1.165) is 31.2 Å². The molecule has 25 heavy (non-hydrogen) atoms. The second kappa shape index (κ2) is 8.88. The molecule has 0 atom stereocenters. The molecule has 1 fully saturated rings. The Morgan fingerprint density at radius 2 is 1.72 bits per heavy atom. The molecule has 1 aromatic carbocycles. The van der Waals surface area contributed by atoms with Crippen LogP contribution in [0, 0.1) is 5.92 Å². The first kappa shape index (κ1) is 19.3. The zero-order valence-electron chi connectivity index (χ0n) is 15.4. The highest BCUT2D eigenvalue weighted by atomic mass is 16.6. The van der Waals surface area contributed by atoms with E-state index in [1.807, 2.05) is 51.1 Å². The van der Waals surface area contributed by atoms with E-state index in [-0.39, 0.29) is 24.7 Å². The van der Waals surface area contributed by atoms with E-state index in [1.165, 1.54) is 0 Å². The van der Waals surface area contributed by atoms with Crippen molar-refractivity contribution >= 4 is 12.1 Å². The van der Waals surface area contributed by atoms with Crippen molar-refractivity contribution in [2.24, 2.45) is 5.92 Å². The number of ether oxygens (including phenoxy) is 2. The number of hydrogen-bond donors (Lipinski definition) is 1. The van der Waals surface area contributed by atoms with Crippen LogP contribution in [0.1, 0.15) is 58.4 Å². The summed E-state index contributed by atoms with van der Waals surface area (Å²) in [7, 11) is 0. The normalized spacial score (nSPS) is 20.6. The summed E-state index contributed by atoms with van der Waals surface area (Å²) in [5.41, 5.74) is 0.539. The molecule has 5 heteroatoms. The van der Waals surface area contributed by atoms with Crippen LogP contribution in [0.15, 0.2) is 30.3 Å². The minimum Gasteiger partial charge on any atom is -0.460 e. The first-order valence-corrected chi connectivity index (χ1v) is 9.01. The monoisotopic (exact) mass is 347 g/mol. The first-order valence-electron chi connectivity index (χ1n) is 9.01. The Kier molecular flexibility index (Phi) is 6.85. The van der Waals surface area contributed by atoms with E-state index in [4.69, 9.17) is 9.47 Å². The molecule has 5 nitrogen and oxygen atoms in total. The molecule has 0 aliphatic heterocycles. The smallest absolute Gasteiger partial charge is 0.407 e. The third-order valence-corrected chi connectivity index (χ3v) is 4.26. The van der Waals surface area contributed by atoms with Crippen molar-refractivity contribution in [1.29, 1.82) is 0 Å². The molecular weight excluding hydrogens is 318 g/mol. The van der Waals surface area contributed by atoms with Crippen molar-refractivity contribution < 1.29 is 19.1 Å². The van der Waals surface area contributed by atoms with Crippen LogP contribution in [0.2, 0.25) is 0 Å². The zero-order chi connectivity index (χ0) is 18.3. The second-order valence-electron chi connectivity index (χ2n) is 7.71. The molecule has 0 unspecified atom stereocenters. The van der Waals surface area contributed by atoms with Crippen LogP contribution < -0.4 is 5.32 Å². The van der Waals surface area contributed by atoms with Gasteiger partial charge in [0.2, 0.25) is 0 Å². The molecule has 0 bridgehead atoms. The van der Waals surface area contributed by atoms with E-state index >= 15 is 0 Å². The third-order valence-electron chi connectivity index (χ3n) is 4.26. The third kappa shape index (κ3) is 7.59. The van der Waals surface area contributed by atoms with Crippen LogP contribution in [-0.2, 0) is 20.9 Å². The van der Waals surface area contributed by atoms with Gasteiger partial charge in [-0.2, -0.15) is 0 Å². The lowest BCUT2D eigenvalue weighted by Gasteiger charge is -2.29. The van der Waals surface area contributed by atoms with Gasteiger partial charge in [0.15, 0.2) is 0 Å². The molecule has 2 rings (SSSR count). The van der Waals surface area contributed by atoms with Crippen LogP contribution >= 0.6 is 0 Å². The fraction of sp³-hybridized carbons (Fsp3) is 0.600. The topological polar surface area (TPSA) is 64.6 Å². The zero-order valence-corrected chi connectivity index (χ0v) is 15.4. The van der Waals surface area contributed by atoms with Gasteiger partial charge in [0.1, 0.15) is 12.2 Å². The summed E-state index contributed by atoms with van der Waals surface area (Å²) in [5.74, 6) is 0.208. The largest absolute Gasteiger partial charge is 0.460 e. The van der Waals surface area contributed by atoms with Gasteiger partial charge < -0.3 is 14.8 Å². The molecule has 0 radical (unpaired) electrons. The van der Waals surface area contributed by atoms with E-state index in [0.29, 0.717) is 12.3 Å². The highest BCUT2D eigenvalue weighted by molar-refractivity contribution is 5.70. The minimum absolute atomic E-state index is 0.123. The van der Waals surface area contributed by atoms with E-state index < -0.39 is 5.60 Å². The van der Waals surface area contributed by atoms with Crippen LogP contribution in [0.5, 0.6) is 0 Å². The maximum absolute atomic E-state index is 11.9. The summed E-state index contributed by atoms with van der Waals surface area (Å²) in [6.07, 6.45) is 3.66. The summed E-state index contributed by atoms with van der Waals surface area (Å²) < 4.78 is 10.6. The Morgan fingerprint density at radius 3 is 2.32 bits per heavy atom. The first-order chi connectivity index (χ1) is 11.8. The molecule has 0 saturated heterocycles. The number of alkyl carbamates (subject to hydrolysis) is 1. The summed E-state index contributed by atoms with van der Waals surface area (Å²) in [6, 6.07) is 9.74. The summed E-state index contributed by atoms with van der Waals surface area (Å²) in [6.45, 7) is 5.92. The van der Waals surface area contributed by atoms with Crippen LogP contribution in [0.25, 0.3) is 0 Å². The van der Waals surface area contributed by atoms with Gasteiger partial charge in [-0.15, -0.1) is 0 Å². The molecule has 0 heterocycles. The van der Waals surface area contributed by atoms with Gasteiger partial charge in [-0.3, -0.25) is 4.79 Å². The van der Waals surface area contributed by atoms with Crippen molar-refractivity contribution in [3.8, 4) is 0 Å². The Morgan fingerprint density at radius 1 is 1.08 bits per heavy atom. The number of hydrogen-bond acceptors (Lipinski definition) is 4. The van der Waals surface area contributed by atoms with E-state index in [1.54, 1.807) is 0 Å². The van der Waals surface area contributed by atoms with Crippen molar-refractivity contribution in [1.82, 2.24) is 5.32 Å². The standard InChI is InChI=1S/C20H29NO4/c1-20(2,3)25-18(22)13-15-9-11-17(12-10-15)21-19(23)24-14-16-7-5-4-6-8-16/h4-8,15,17H,9-14H2,1-3H3,(H,21,23). The molecule has 1 amide bonds. The van der Waals surface area contributed by atoms with Gasteiger partial charge in [-0.25, -0.2) is 4.79 Å². The Labute approximate surface area is 150 Å². The van der Waals surface area contributed by atoms with Crippen molar-refractivity contribution in [3.05, 3.63) is 35.9 Å². The van der Waals surface area contributed by atoms with E-state index in [9.17, 15) is 9.59 Å². The molecule has 1 aromatic rings. The van der Waals surface area contributed by atoms with Gasteiger partial charge in [0.05, 0.1) is 0 Å². The maximum Gasteiger partial charge on any atom is 0.407 e. The lowest BCUT2D eigenvalue weighted by atomic mass is 9.84. The molecule has 1 aliphatic rings. The van der Waals surface area contributed by atoms with Gasteiger partial charge in [-0.1, -0.05) is 30.3 Å². The van der Waals surface area contributed by atoms with Crippen molar-refractivity contribution in [3.63, 3.8) is 0 Å². The summed E-state index contributed by atoms with van der Waals surface area (Å²) in [4.78, 5) is 23.8. The highest BCUT2D eigenvalue weighted by Gasteiger charge is 2.26. The second-order valence-corrected chi connectivity index (χ2v) is 7.71. The summed E-state index contributed by atoms with van der Waals surface area (Å²) in [5, 5.41) is 2.92. The number of rotatable bonds is 5. The average Bonchev–Trinajstić information content (AvgIpc) is 2.54. The molecule has 1 aliphatic carbocycles. The van der Waals surface area contributed by atoms with Crippen molar-refractivity contribution in [2.75, 3.05) is 0 Å². The van der Waals surface area contributed by atoms with Crippen LogP contribution in [0.4, 0.5) is 4.79 Å². The molecule has 1 N–H and O–H groups in total. The fourth-order valence-electron chi connectivity index (χ4n) is 3.06. The number of carbonyl (C=O) groups is 2. The lowest BCUT2D eigenvalue weighted by molar-refractivity contribution is -0.156. The molecule has 1 saturated carbocycles. The minimum atomic E-state index is -0.432. The van der Waals surface area contributed by atoms with Gasteiger partial charge in [0.25, 0.3) is 0 Å². The number of esters is 1. The number of carbonyl (C=O) groups excluding carboxylic acids is 2. The predicted octanol–water partition coefficient (Wildman–Crippen LogP) is 4.20.